The third-order valence-electron chi connectivity index (χ3n) is 2.57. The SMILES string of the molecule is CCCCCCCCC(C)CC(=O)S. The van der Waals surface area contributed by atoms with E-state index in [4.69, 9.17) is 0 Å². The van der Waals surface area contributed by atoms with Crippen molar-refractivity contribution in [1.29, 1.82) is 0 Å². The lowest BCUT2D eigenvalue weighted by molar-refractivity contribution is -0.111. The number of carbonyl (C=O) groups is 1. The van der Waals surface area contributed by atoms with E-state index < -0.39 is 0 Å². The Hall–Kier alpha value is 0.0200. The summed E-state index contributed by atoms with van der Waals surface area (Å²) >= 11 is 3.79. The Balaban J connectivity index is 3.14. The van der Waals surface area contributed by atoms with Gasteiger partial charge in [0.05, 0.1) is 0 Å². The van der Waals surface area contributed by atoms with Crippen LogP contribution in [0.2, 0.25) is 0 Å². The minimum atomic E-state index is 0.0310. The van der Waals surface area contributed by atoms with Gasteiger partial charge >= 0.3 is 0 Å². The van der Waals surface area contributed by atoms with E-state index >= 15 is 0 Å². The fourth-order valence-electron chi connectivity index (χ4n) is 1.67. The topological polar surface area (TPSA) is 17.1 Å². The molecule has 0 aromatic heterocycles. The molecule has 0 aliphatic heterocycles. The molecule has 14 heavy (non-hydrogen) atoms. The number of hydrogen-bond donors (Lipinski definition) is 1. The maximum atomic E-state index is 10.7. The number of carbonyl (C=O) groups excluding carboxylic acids is 1. The molecule has 0 N–H and O–H groups in total. The van der Waals surface area contributed by atoms with E-state index in [0.717, 1.165) is 0 Å². The molecule has 0 saturated carbocycles. The Kier molecular flexibility index (Phi) is 9.58. The van der Waals surface area contributed by atoms with Crippen LogP contribution in [0.4, 0.5) is 0 Å². The molecular formula is C12H24OS. The minimum Gasteiger partial charge on any atom is -0.287 e. The standard InChI is InChI=1S/C12H24OS/c1-3-4-5-6-7-8-9-11(2)10-12(13)14/h11H,3-10H2,1-2H3,(H,13,14). The van der Waals surface area contributed by atoms with Crippen LogP contribution in [0.15, 0.2) is 0 Å². The highest BCUT2D eigenvalue weighted by Crippen LogP contribution is 2.15. The van der Waals surface area contributed by atoms with Gasteiger partial charge in [0.2, 0.25) is 0 Å². The third-order valence-corrected chi connectivity index (χ3v) is 2.76. The van der Waals surface area contributed by atoms with E-state index in [0.29, 0.717) is 12.3 Å². The van der Waals surface area contributed by atoms with Crippen molar-refractivity contribution >= 4 is 17.7 Å². The molecule has 1 atom stereocenters. The van der Waals surface area contributed by atoms with Crippen molar-refractivity contribution in [2.24, 2.45) is 5.92 Å². The van der Waals surface area contributed by atoms with Crippen LogP contribution >= 0.6 is 12.6 Å². The van der Waals surface area contributed by atoms with Crippen LogP contribution in [0.3, 0.4) is 0 Å². The highest BCUT2D eigenvalue weighted by atomic mass is 32.1. The molecule has 0 rings (SSSR count). The molecule has 1 unspecified atom stereocenters. The molecule has 0 heterocycles. The molecule has 0 amide bonds. The predicted molar refractivity (Wildman–Crippen MR) is 65.8 cm³/mol. The lowest BCUT2D eigenvalue weighted by Crippen LogP contribution is -1.99. The van der Waals surface area contributed by atoms with Crippen LogP contribution in [0.1, 0.15) is 65.2 Å². The van der Waals surface area contributed by atoms with Gasteiger partial charge in [-0.2, -0.15) is 0 Å². The molecule has 2 heteroatoms. The van der Waals surface area contributed by atoms with E-state index in [2.05, 4.69) is 26.5 Å². The first-order valence-electron chi connectivity index (χ1n) is 5.88. The van der Waals surface area contributed by atoms with Gasteiger partial charge in [0.15, 0.2) is 5.12 Å². The second-order valence-electron chi connectivity index (χ2n) is 4.26. The summed E-state index contributed by atoms with van der Waals surface area (Å²) in [6.45, 7) is 4.38. The lowest BCUT2D eigenvalue weighted by atomic mass is 9.99. The van der Waals surface area contributed by atoms with E-state index in [-0.39, 0.29) is 5.12 Å². The quantitative estimate of drug-likeness (QED) is 0.451. The van der Waals surface area contributed by atoms with Gasteiger partial charge in [-0.05, 0) is 5.92 Å². The van der Waals surface area contributed by atoms with Gasteiger partial charge in [-0.3, -0.25) is 4.79 Å². The average molecular weight is 216 g/mol. The van der Waals surface area contributed by atoms with Crippen molar-refractivity contribution in [2.75, 3.05) is 0 Å². The molecule has 84 valence electrons. The van der Waals surface area contributed by atoms with Crippen molar-refractivity contribution in [2.45, 2.75) is 65.2 Å². The summed E-state index contributed by atoms with van der Waals surface area (Å²) in [5.41, 5.74) is 0. The van der Waals surface area contributed by atoms with Crippen LogP contribution in [0, 0.1) is 5.92 Å². The molecule has 0 aromatic rings. The third kappa shape index (κ3) is 10.1. The zero-order valence-corrected chi connectivity index (χ0v) is 10.5. The van der Waals surface area contributed by atoms with Crippen molar-refractivity contribution in [3.63, 3.8) is 0 Å². The van der Waals surface area contributed by atoms with Gasteiger partial charge in [0.1, 0.15) is 0 Å². The maximum absolute atomic E-state index is 10.7. The number of hydrogen-bond acceptors (Lipinski definition) is 1. The van der Waals surface area contributed by atoms with Crippen molar-refractivity contribution < 1.29 is 4.79 Å². The Morgan fingerprint density at radius 2 is 1.71 bits per heavy atom. The summed E-state index contributed by atoms with van der Waals surface area (Å²) in [7, 11) is 0. The van der Waals surface area contributed by atoms with Crippen LogP contribution in [0.25, 0.3) is 0 Å². The second kappa shape index (κ2) is 9.57. The average Bonchev–Trinajstić information content (AvgIpc) is 2.10. The molecule has 0 aliphatic rings. The van der Waals surface area contributed by atoms with Crippen LogP contribution < -0.4 is 0 Å². The first-order chi connectivity index (χ1) is 6.66. The first kappa shape index (κ1) is 14.0. The van der Waals surface area contributed by atoms with Gasteiger partial charge in [-0.25, -0.2) is 0 Å². The fraction of sp³-hybridized carbons (Fsp3) is 0.917. The number of thiol groups is 1. The Morgan fingerprint density at radius 3 is 2.29 bits per heavy atom. The normalized spacial score (nSPS) is 12.8. The second-order valence-corrected chi connectivity index (χ2v) is 4.76. The molecule has 0 bridgehead atoms. The smallest absolute Gasteiger partial charge is 0.186 e. The van der Waals surface area contributed by atoms with Gasteiger partial charge in [-0.1, -0.05) is 58.8 Å². The highest BCUT2D eigenvalue weighted by molar-refractivity contribution is 7.96. The monoisotopic (exact) mass is 216 g/mol. The molecule has 0 aromatic carbocycles. The van der Waals surface area contributed by atoms with Crippen LogP contribution in [0.5, 0.6) is 0 Å². The molecule has 0 saturated heterocycles. The van der Waals surface area contributed by atoms with E-state index in [1.807, 2.05) is 0 Å². The van der Waals surface area contributed by atoms with Crippen molar-refractivity contribution in [1.82, 2.24) is 0 Å². The van der Waals surface area contributed by atoms with Gasteiger partial charge in [0, 0.05) is 6.42 Å². The Bertz CT molecular complexity index is 145. The van der Waals surface area contributed by atoms with Gasteiger partial charge in [-0.15, -0.1) is 12.6 Å². The zero-order chi connectivity index (χ0) is 10.8. The Morgan fingerprint density at radius 1 is 1.14 bits per heavy atom. The zero-order valence-electron chi connectivity index (χ0n) is 9.59. The van der Waals surface area contributed by atoms with Crippen molar-refractivity contribution in [3.8, 4) is 0 Å². The molecule has 1 nitrogen and oxygen atoms in total. The van der Waals surface area contributed by atoms with Crippen molar-refractivity contribution in [3.05, 3.63) is 0 Å². The van der Waals surface area contributed by atoms with Crippen LogP contribution in [-0.4, -0.2) is 5.12 Å². The Labute approximate surface area is 94.1 Å². The van der Waals surface area contributed by atoms with Gasteiger partial charge in [0.25, 0.3) is 0 Å². The number of rotatable bonds is 9. The summed E-state index contributed by atoms with van der Waals surface area (Å²) in [5, 5.41) is 0.0310. The van der Waals surface area contributed by atoms with E-state index in [9.17, 15) is 4.79 Å². The largest absolute Gasteiger partial charge is 0.287 e. The predicted octanol–water partition coefficient (Wildman–Crippen LogP) is 4.22. The summed E-state index contributed by atoms with van der Waals surface area (Å²) < 4.78 is 0. The molecule has 0 radical (unpaired) electrons. The number of unbranched alkanes of at least 4 members (excludes halogenated alkanes) is 5. The van der Waals surface area contributed by atoms with E-state index in [1.165, 1.54) is 44.9 Å². The van der Waals surface area contributed by atoms with E-state index in [1.54, 1.807) is 0 Å². The molecule has 0 fully saturated rings. The lowest BCUT2D eigenvalue weighted by Gasteiger charge is -2.07. The summed E-state index contributed by atoms with van der Waals surface area (Å²) in [6.07, 6.45) is 9.81. The summed E-state index contributed by atoms with van der Waals surface area (Å²) in [4.78, 5) is 10.7. The minimum absolute atomic E-state index is 0.0310. The molecule has 0 spiro atoms. The summed E-state index contributed by atoms with van der Waals surface area (Å²) in [5.74, 6) is 0.520. The molecule has 0 aliphatic carbocycles. The van der Waals surface area contributed by atoms with Gasteiger partial charge < -0.3 is 0 Å². The first-order valence-corrected chi connectivity index (χ1v) is 6.33. The maximum Gasteiger partial charge on any atom is 0.186 e. The fourth-order valence-corrected chi connectivity index (χ4v) is 1.98. The van der Waals surface area contributed by atoms with Crippen LogP contribution in [-0.2, 0) is 4.79 Å². The summed E-state index contributed by atoms with van der Waals surface area (Å²) in [6, 6.07) is 0. The highest BCUT2D eigenvalue weighted by Gasteiger charge is 2.04. The molecular weight excluding hydrogens is 192 g/mol.